The van der Waals surface area contributed by atoms with Crippen LogP contribution in [0.1, 0.15) is 12.5 Å². The van der Waals surface area contributed by atoms with E-state index in [9.17, 15) is 4.79 Å². The lowest BCUT2D eigenvalue weighted by Crippen LogP contribution is -2.26. The first-order valence-electron chi connectivity index (χ1n) is 7.48. The number of hydrogen-bond acceptors (Lipinski definition) is 4. The molecule has 1 amide bonds. The largest absolute Gasteiger partial charge is 0.378 e. The molecule has 0 aliphatic rings. The highest BCUT2D eigenvalue weighted by atomic mass is 35.5. The van der Waals surface area contributed by atoms with Crippen LogP contribution in [0.5, 0.6) is 0 Å². The van der Waals surface area contributed by atoms with Gasteiger partial charge in [-0.3, -0.25) is 4.79 Å². The summed E-state index contributed by atoms with van der Waals surface area (Å²) in [5.74, 6) is -0.142. The Balaban J connectivity index is 1.86. The first-order valence-corrected chi connectivity index (χ1v) is 8.74. The number of thioether (sulfide) groups is 1. The van der Waals surface area contributed by atoms with E-state index in [4.69, 9.17) is 11.6 Å². The van der Waals surface area contributed by atoms with Gasteiger partial charge >= 0.3 is 0 Å². The molecule has 6 heteroatoms. The number of nitrogens with zero attached hydrogens (tertiary/aromatic N) is 2. The number of benzene rings is 2. The SMILES string of the molecule is C[C@H](Sc1ccc(Cl)cc1)C(=O)N/N=C\c1ccc(N(C)C)cc1. The lowest BCUT2D eigenvalue weighted by molar-refractivity contribution is -0.120. The smallest absolute Gasteiger partial charge is 0.253 e. The van der Waals surface area contributed by atoms with Crippen molar-refractivity contribution in [3.8, 4) is 0 Å². The van der Waals surface area contributed by atoms with Crippen molar-refractivity contribution < 1.29 is 4.79 Å². The molecule has 2 rings (SSSR count). The van der Waals surface area contributed by atoms with Gasteiger partial charge in [0, 0.05) is 29.7 Å². The van der Waals surface area contributed by atoms with Crippen molar-refractivity contribution in [2.24, 2.45) is 5.10 Å². The van der Waals surface area contributed by atoms with Crippen LogP contribution in [0.25, 0.3) is 0 Å². The molecule has 0 saturated heterocycles. The Morgan fingerprint density at radius 1 is 1.17 bits per heavy atom. The minimum atomic E-state index is -0.251. The summed E-state index contributed by atoms with van der Waals surface area (Å²) in [5, 5.41) is 4.45. The fourth-order valence-electron chi connectivity index (χ4n) is 1.89. The molecule has 0 aliphatic heterocycles. The van der Waals surface area contributed by atoms with Crippen LogP contribution in [0, 0.1) is 0 Å². The van der Waals surface area contributed by atoms with Crippen molar-refractivity contribution >= 4 is 41.2 Å². The van der Waals surface area contributed by atoms with Crippen molar-refractivity contribution in [1.82, 2.24) is 5.43 Å². The lowest BCUT2D eigenvalue weighted by atomic mass is 10.2. The van der Waals surface area contributed by atoms with Crippen LogP contribution in [0.3, 0.4) is 0 Å². The monoisotopic (exact) mass is 361 g/mol. The molecule has 0 unspecified atom stereocenters. The maximum Gasteiger partial charge on any atom is 0.253 e. The fraction of sp³-hybridized carbons (Fsp3) is 0.222. The summed E-state index contributed by atoms with van der Waals surface area (Å²) in [5.41, 5.74) is 4.62. The zero-order chi connectivity index (χ0) is 17.5. The topological polar surface area (TPSA) is 44.7 Å². The first kappa shape index (κ1) is 18.4. The van der Waals surface area contributed by atoms with Gasteiger partial charge < -0.3 is 4.90 Å². The number of nitrogens with one attached hydrogen (secondary N) is 1. The van der Waals surface area contributed by atoms with Crippen LogP contribution in [-0.2, 0) is 4.79 Å². The second kappa shape index (κ2) is 8.76. The van der Waals surface area contributed by atoms with Crippen LogP contribution < -0.4 is 10.3 Å². The molecular formula is C18H20ClN3OS. The number of carbonyl (C=O) groups excluding carboxylic acids is 1. The second-order valence-electron chi connectivity index (χ2n) is 5.43. The third-order valence-electron chi connectivity index (χ3n) is 3.29. The maximum absolute atomic E-state index is 12.1. The van der Waals surface area contributed by atoms with Crippen molar-refractivity contribution in [2.75, 3.05) is 19.0 Å². The quantitative estimate of drug-likeness (QED) is 0.480. The Morgan fingerprint density at radius 3 is 2.38 bits per heavy atom. The van der Waals surface area contributed by atoms with E-state index in [-0.39, 0.29) is 11.2 Å². The minimum absolute atomic E-state index is 0.142. The molecule has 0 radical (unpaired) electrons. The molecule has 0 bridgehead atoms. The molecule has 2 aromatic carbocycles. The summed E-state index contributed by atoms with van der Waals surface area (Å²) in [6.07, 6.45) is 1.64. The Bertz CT molecular complexity index is 699. The van der Waals surface area contributed by atoms with E-state index < -0.39 is 0 Å². The van der Waals surface area contributed by atoms with Gasteiger partial charge in [0.2, 0.25) is 0 Å². The zero-order valence-electron chi connectivity index (χ0n) is 13.9. The Hall–Kier alpha value is -1.98. The molecule has 0 fully saturated rings. The Labute approximate surface area is 151 Å². The van der Waals surface area contributed by atoms with Gasteiger partial charge in [-0.1, -0.05) is 23.7 Å². The van der Waals surface area contributed by atoms with Crippen molar-refractivity contribution in [1.29, 1.82) is 0 Å². The number of hydrazone groups is 1. The van der Waals surface area contributed by atoms with Crippen LogP contribution >= 0.6 is 23.4 Å². The predicted molar refractivity (Wildman–Crippen MR) is 103 cm³/mol. The highest BCUT2D eigenvalue weighted by Gasteiger charge is 2.13. The standard InChI is InChI=1S/C18H20ClN3OS/c1-13(24-17-10-6-15(19)7-11-17)18(23)21-20-12-14-4-8-16(9-5-14)22(2)3/h4-13H,1-3H3,(H,21,23)/b20-12-/t13-/m0/s1. The molecule has 2 aromatic rings. The number of rotatable bonds is 6. The number of anilines is 1. The van der Waals surface area contributed by atoms with Crippen LogP contribution in [0.15, 0.2) is 58.5 Å². The molecule has 0 aliphatic carbocycles. The molecule has 0 aromatic heterocycles. The third kappa shape index (κ3) is 5.58. The highest BCUT2D eigenvalue weighted by Crippen LogP contribution is 2.24. The van der Waals surface area contributed by atoms with Gasteiger partial charge in [-0.25, -0.2) is 5.43 Å². The van der Waals surface area contributed by atoms with Crippen molar-refractivity contribution in [3.05, 3.63) is 59.1 Å². The van der Waals surface area contributed by atoms with E-state index >= 15 is 0 Å². The van der Waals surface area contributed by atoms with E-state index in [0.717, 1.165) is 16.1 Å². The molecule has 1 N–H and O–H groups in total. The molecule has 126 valence electrons. The van der Waals surface area contributed by atoms with Crippen LogP contribution in [0.4, 0.5) is 5.69 Å². The molecule has 0 spiro atoms. The van der Waals surface area contributed by atoms with Crippen LogP contribution in [-0.4, -0.2) is 31.5 Å². The number of hydrogen-bond donors (Lipinski definition) is 1. The van der Waals surface area contributed by atoms with Gasteiger partial charge in [-0.05, 0) is 48.9 Å². The summed E-state index contributed by atoms with van der Waals surface area (Å²) in [7, 11) is 3.98. The zero-order valence-corrected chi connectivity index (χ0v) is 15.4. The van der Waals surface area contributed by atoms with E-state index in [1.807, 2.05) is 74.4 Å². The maximum atomic E-state index is 12.1. The number of halogens is 1. The van der Waals surface area contributed by atoms with Gasteiger partial charge in [0.25, 0.3) is 5.91 Å². The average Bonchev–Trinajstić information content (AvgIpc) is 2.57. The fourth-order valence-corrected chi connectivity index (χ4v) is 2.88. The molecule has 1 atom stereocenters. The predicted octanol–water partition coefficient (Wildman–Crippen LogP) is 4.04. The molecule has 24 heavy (non-hydrogen) atoms. The summed E-state index contributed by atoms with van der Waals surface area (Å²) >= 11 is 7.32. The molecule has 4 nitrogen and oxygen atoms in total. The first-order chi connectivity index (χ1) is 11.5. The minimum Gasteiger partial charge on any atom is -0.378 e. The van der Waals surface area contributed by atoms with E-state index in [0.29, 0.717) is 5.02 Å². The van der Waals surface area contributed by atoms with Crippen LogP contribution in [0.2, 0.25) is 5.02 Å². The van der Waals surface area contributed by atoms with Gasteiger partial charge in [0.05, 0.1) is 11.5 Å². The van der Waals surface area contributed by atoms with Gasteiger partial charge in [0.1, 0.15) is 0 Å². The summed E-state index contributed by atoms with van der Waals surface area (Å²) in [6.45, 7) is 1.84. The van der Waals surface area contributed by atoms with E-state index in [1.54, 1.807) is 6.21 Å². The van der Waals surface area contributed by atoms with Crippen molar-refractivity contribution in [3.63, 3.8) is 0 Å². The lowest BCUT2D eigenvalue weighted by Gasteiger charge is -2.11. The highest BCUT2D eigenvalue weighted by molar-refractivity contribution is 8.00. The van der Waals surface area contributed by atoms with Gasteiger partial charge in [-0.2, -0.15) is 5.10 Å². The summed E-state index contributed by atoms with van der Waals surface area (Å²) < 4.78 is 0. The molecule has 0 heterocycles. The van der Waals surface area contributed by atoms with Crippen molar-refractivity contribution in [2.45, 2.75) is 17.1 Å². The average molecular weight is 362 g/mol. The van der Waals surface area contributed by atoms with Gasteiger partial charge in [-0.15, -0.1) is 11.8 Å². The third-order valence-corrected chi connectivity index (χ3v) is 4.66. The normalized spacial score (nSPS) is 12.2. The number of amides is 1. The Morgan fingerprint density at radius 2 is 1.79 bits per heavy atom. The summed E-state index contributed by atoms with van der Waals surface area (Å²) in [6, 6.07) is 15.3. The van der Waals surface area contributed by atoms with E-state index in [1.165, 1.54) is 11.8 Å². The summed E-state index contributed by atoms with van der Waals surface area (Å²) in [4.78, 5) is 15.1. The molecular weight excluding hydrogens is 342 g/mol. The van der Waals surface area contributed by atoms with E-state index in [2.05, 4.69) is 10.5 Å². The second-order valence-corrected chi connectivity index (χ2v) is 7.28. The number of carbonyl (C=O) groups is 1. The molecule has 0 saturated carbocycles. The Kier molecular flexibility index (Phi) is 6.70. The van der Waals surface area contributed by atoms with Gasteiger partial charge in [0.15, 0.2) is 0 Å².